The summed E-state index contributed by atoms with van der Waals surface area (Å²) in [6, 6.07) is 3.98. The number of carbonyl (C=O) groups excluding carboxylic acids is 1. The van der Waals surface area contributed by atoms with Crippen molar-refractivity contribution in [2.24, 2.45) is 5.41 Å². The van der Waals surface area contributed by atoms with Gasteiger partial charge in [-0.1, -0.05) is 31.0 Å². The maximum Gasteiger partial charge on any atom is 0.319 e. The van der Waals surface area contributed by atoms with Crippen molar-refractivity contribution in [3.05, 3.63) is 28.8 Å². The van der Waals surface area contributed by atoms with Crippen LogP contribution in [0.2, 0.25) is 0 Å². The van der Waals surface area contributed by atoms with E-state index < -0.39 is 0 Å². The van der Waals surface area contributed by atoms with E-state index in [4.69, 9.17) is 0 Å². The molecule has 1 fully saturated rings. The highest BCUT2D eigenvalue weighted by Crippen LogP contribution is 2.37. The van der Waals surface area contributed by atoms with E-state index in [1.165, 1.54) is 5.56 Å². The molecule has 3 N–H and O–H groups in total. The molecule has 1 saturated carbocycles. The van der Waals surface area contributed by atoms with E-state index in [1.54, 1.807) is 0 Å². The van der Waals surface area contributed by atoms with Crippen molar-refractivity contribution in [3.63, 3.8) is 0 Å². The van der Waals surface area contributed by atoms with E-state index in [-0.39, 0.29) is 24.1 Å². The Morgan fingerprint density at radius 3 is 2.52 bits per heavy atom. The molecule has 4 heteroatoms. The standard InChI is InChI=1S/C17H26N2O2/c1-11-8-12(2)15(13(3)9-11)19-16(21)18-14-6-5-7-17(14,4)10-20/h8-9,14,20H,5-7,10H2,1-4H3,(H2,18,19,21). The molecule has 2 unspecified atom stereocenters. The summed E-state index contributed by atoms with van der Waals surface area (Å²) >= 11 is 0. The van der Waals surface area contributed by atoms with Gasteiger partial charge in [-0.15, -0.1) is 0 Å². The highest BCUT2D eigenvalue weighted by atomic mass is 16.3. The van der Waals surface area contributed by atoms with Crippen LogP contribution in [-0.4, -0.2) is 23.8 Å². The zero-order valence-corrected chi connectivity index (χ0v) is 13.4. The summed E-state index contributed by atoms with van der Waals surface area (Å²) in [7, 11) is 0. The number of urea groups is 1. The molecule has 21 heavy (non-hydrogen) atoms. The van der Waals surface area contributed by atoms with Crippen molar-refractivity contribution in [2.75, 3.05) is 11.9 Å². The molecule has 0 spiro atoms. The lowest BCUT2D eigenvalue weighted by molar-refractivity contribution is 0.122. The highest BCUT2D eigenvalue weighted by molar-refractivity contribution is 5.91. The van der Waals surface area contributed by atoms with Crippen molar-refractivity contribution in [2.45, 2.75) is 53.0 Å². The second-order valence-corrected chi connectivity index (χ2v) is 6.63. The maximum atomic E-state index is 12.3. The molecule has 0 aliphatic heterocycles. The SMILES string of the molecule is Cc1cc(C)c(NC(=O)NC2CCCC2(C)CO)c(C)c1. The molecule has 0 saturated heterocycles. The Hall–Kier alpha value is -1.55. The molecule has 0 aromatic heterocycles. The summed E-state index contributed by atoms with van der Waals surface area (Å²) in [5.74, 6) is 0. The van der Waals surface area contributed by atoms with Crippen molar-refractivity contribution >= 4 is 11.7 Å². The molecule has 1 aliphatic rings. The number of aryl methyl sites for hydroxylation is 3. The van der Waals surface area contributed by atoms with Crippen LogP contribution in [0.1, 0.15) is 42.9 Å². The average molecular weight is 290 g/mol. The lowest BCUT2D eigenvalue weighted by Crippen LogP contribution is -2.46. The number of anilines is 1. The van der Waals surface area contributed by atoms with Gasteiger partial charge in [0.05, 0.1) is 6.61 Å². The average Bonchev–Trinajstić information content (AvgIpc) is 2.76. The Morgan fingerprint density at radius 1 is 1.33 bits per heavy atom. The number of amides is 2. The molecule has 1 aliphatic carbocycles. The number of aliphatic hydroxyl groups is 1. The zero-order valence-electron chi connectivity index (χ0n) is 13.4. The first-order chi connectivity index (χ1) is 9.85. The number of carbonyl (C=O) groups is 1. The molecule has 2 atom stereocenters. The van der Waals surface area contributed by atoms with Crippen LogP contribution in [0, 0.1) is 26.2 Å². The quantitative estimate of drug-likeness (QED) is 0.800. The van der Waals surface area contributed by atoms with Gasteiger partial charge in [0, 0.05) is 17.1 Å². The van der Waals surface area contributed by atoms with Gasteiger partial charge in [-0.2, -0.15) is 0 Å². The molecule has 4 nitrogen and oxygen atoms in total. The first kappa shape index (κ1) is 15.8. The van der Waals surface area contributed by atoms with Gasteiger partial charge in [0.25, 0.3) is 0 Å². The Labute approximate surface area is 126 Å². The summed E-state index contributed by atoms with van der Waals surface area (Å²) in [4.78, 5) is 12.3. The van der Waals surface area contributed by atoms with Gasteiger partial charge in [-0.3, -0.25) is 0 Å². The predicted octanol–water partition coefficient (Wildman–Crippen LogP) is 3.28. The van der Waals surface area contributed by atoms with E-state index in [9.17, 15) is 9.90 Å². The first-order valence-corrected chi connectivity index (χ1v) is 7.62. The fourth-order valence-electron chi connectivity index (χ4n) is 3.35. The van der Waals surface area contributed by atoms with Crippen LogP contribution in [0.4, 0.5) is 10.5 Å². The third-order valence-electron chi connectivity index (χ3n) is 4.66. The summed E-state index contributed by atoms with van der Waals surface area (Å²) in [6.07, 6.45) is 2.93. The van der Waals surface area contributed by atoms with Gasteiger partial charge >= 0.3 is 6.03 Å². The molecule has 0 radical (unpaired) electrons. The van der Waals surface area contributed by atoms with E-state index in [0.29, 0.717) is 0 Å². The lowest BCUT2D eigenvalue weighted by atomic mass is 9.86. The van der Waals surface area contributed by atoms with E-state index in [2.05, 4.69) is 29.7 Å². The maximum absolute atomic E-state index is 12.3. The van der Waals surface area contributed by atoms with Gasteiger partial charge in [0.1, 0.15) is 0 Å². The number of hydrogen-bond donors (Lipinski definition) is 3. The third kappa shape index (κ3) is 3.38. The van der Waals surface area contributed by atoms with Gasteiger partial charge < -0.3 is 15.7 Å². The number of benzene rings is 1. The van der Waals surface area contributed by atoms with E-state index >= 15 is 0 Å². The number of nitrogens with one attached hydrogen (secondary N) is 2. The highest BCUT2D eigenvalue weighted by Gasteiger charge is 2.39. The van der Waals surface area contributed by atoms with Gasteiger partial charge in [0.15, 0.2) is 0 Å². The topological polar surface area (TPSA) is 61.4 Å². The minimum absolute atomic E-state index is 0.0357. The van der Waals surface area contributed by atoms with Crippen LogP contribution in [0.15, 0.2) is 12.1 Å². The lowest BCUT2D eigenvalue weighted by Gasteiger charge is -2.30. The van der Waals surface area contributed by atoms with Crippen LogP contribution in [0.3, 0.4) is 0 Å². The minimum Gasteiger partial charge on any atom is -0.396 e. The van der Waals surface area contributed by atoms with E-state index in [1.807, 2.05) is 20.8 Å². The van der Waals surface area contributed by atoms with Crippen molar-refractivity contribution in [1.82, 2.24) is 5.32 Å². The summed E-state index contributed by atoms with van der Waals surface area (Å²) in [5, 5.41) is 15.5. The predicted molar refractivity (Wildman–Crippen MR) is 85.6 cm³/mol. The molecule has 2 amide bonds. The summed E-state index contributed by atoms with van der Waals surface area (Å²) < 4.78 is 0. The van der Waals surface area contributed by atoms with Gasteiger partial charge in [0.2, 0.25) is 0 Å². The largest absolute Gasteiger partial charge is 0.396 e. The number of rotatable bonds is 3. The molecule has 1 aromatic carbocycles. The third-order valence-corrected chi connectivity index (χ3v) is 4.66. The number of hydrogen-bond acceptors (Lipinski definition) is 2. The van der Waals surface area contributed by atoms with Crippen molar-refractivity contribution < 1.29 is 9.90 Å². The monoisotopic (exact) mass is 290 g/mol. The normalized spacial score (nSPS) is 24.9. The minimum atomic E-state index is -0.200. The summed E-state index contributed by atoms with van der Waals surface area (Å²) in [5.41, 5.74) is 4.01. The molecular weight excluding hydrogens is 264 g/mol. The first-order valence-electron chi connectivity index (χ1n) is 7.62. The second kappa shape index (κ2) is 6.06. The van der Waals surface area contributed by atoms with Crippen LogP contribution in [0.25, 0.3) is 0 Å². The van der Waals surface area contributed by atoms with E-state index in [0.717, 1.165) is 36.1 Å². The summed E-state index contributed by atoms with van der Waals surface area (Å²) in [6.45, 7) is 8.20. The molecular formula is C17H26N2O2. The Morgan fingerprint density at radius 2 is 1.95 bits per heavy atom. The molecule has 116 valence electrons. The Bertz CT molecular complexity index is 519. The Balaban J connectivity index is 2.06. The molecule has 2 rings (SSSR count). The number of aliphatic hydroxyl groups excluding tert-OH is 1. The molecule has 1 aromatic rings. The van der Waals surface area contributed by atoms with Gasteiger partial charge in [-0.05, 0) is 44.7 Å². The van der Waals surface area contributed by atoms with Gasteiger partial charge in [-0.25, -0.2) is 4.79 Å². The van der Waals surface area contributed by atoms with Crippen molar-refractivity contribution in [1.29, 1.82) is 0 Å². The second-order valence-electron chi connectivity index (χ2n) is 6.63. The van der Waals surface area contributed by atoms with Crippen LogP contribution in [-0.2, 0) is 0 Å². The zero-order chi connectivity index (χ0) is 15.6. The molecule has 0 heterocycles. The fraction of sp³-hybridized carbons (Fsp3) is 0.588. The smallest absolute Gasteiger partial charge is 0.319 e. The Kier molecular flexibility index (Phi) is 4.57. The fourth-order valence-corrected chi connectivity index (χ4v) is 3.35. The van der Waals surface area contributed by atoms with Crippen LogP contribution < -0.4 is 10.6 Å². The molecule has 0 bridgehead atoms. The van der Waals surface area contributed by atoms with Crippen LogP contribution in [0.5, 0.6) is 0 Å². The van der Waals surface area contributed by atoms with Crippen LogP contribution >= 0.6 is 0 Å². The van der Waals surface area contributed by atoms with Crippen molar-refractivity contribution in [3.8, 4) is 0 Å².